The summed E-state index contributed by atoms with van der Waals surface area (Å²) in [6.45, 7) is 4.10. The molecule has 2 heterocycles. The molecule has 0 fully saturated rings. The lowest BCUT2D eigenvalue weighted by atomic mass is 10.1. The highest BCUT2D eigenvalue weighted by molar-refractivity contribution is 5.20. The number of nitrogens with one attached hydrogen (secondary N) is 1. The molecule has 0 radical (unpaired) electrons. The summed E-state index contributed by atoms with van der Waals surface area (Å²) in [5, 5.41) is 11.3. The van der Waals surface area contributed by atoms with E-state index in [2.05, 4.69) is 15.5 Å². The fourth-order valence-corrected chi connectivity index (χ4v) is 2.29. The number of aromatic nitrogens is 4. The number of hydrogen-bond acceptors (Lipinski definition) is 3. The lowest BCUT2D eigenvalue weighted by Crippen LogP contribution is -2.18. The average molecular weight is 301 g/mol. The fourth-order valence-electron chi connectivity index (χ4n) is 2.29. The summed E-state index contributed by atoms with van der Waals surface area (Å²) in [6, 6.07) is 1.05. The van der Waals surface area contributed by atoms with Crippen molar-refractivity contribution in [1.82, 2.24) is 24.9 Å². The average Bonchev–Trinajstić information content (AvgIpc) is 2.88. The molecular weight excluding hydrogens is 283 g/mol. The number of rotatable bonds is 4. The number of nitrogens with zero attached hydrogens (tertiary/aromatic N) is 4. The zero-order chi connectivity index (χ0) is 15.8. The molecule has 0 aromatic carbocycles. The Morgan fingerprint density at radius 1 is 1.29 bits per heavy atom. The molecule has 1 N–H and O–H groups in total. The van der Waals surface area contributed by atoms with Crippen molar-refractivity contribution in [3.05, 3.63) is 34.9 Å². The largest absolute Gasteiger partial charge is 0.433 e. The van der Waals surface area contributed by atoms with Crippen molar-refractivity contribution in [1.29, 1.82) is 0 Å². The first-order chi connectivity index (χ1) is 9.68. The predicted molar refractivity (Wildman–Crippen MR) is 71.4 cm³/mol. The highest BCUT2D eigenvalue weighted by atomic mass is 19.4. The van der Waals surface area contributed by atoms with Gasteiger partial charge in [-0.3, -0.25) is 9.36 Å². The molecule has 1 unspecified atom stereocenters. The second-order valence-corrected chi connectivity index (χ2v) is 5.09. The van der Waals surface area contributed by atoms with Crippen molar-refractivity contribution in [3.8, 4) is 0 Å². The van der Waals surface area contributed by atoms with E-state index < -0.39 is 11.9 Å². The van der Waals surface area contributed by atoms with E-state index in [0.717, 1.165) is 22.0 Å². The SMILES string of the molecule is Cc1nn(C)cc1C(C)NCc1cc(C(F)(F)F)n(C)n1. The normalized spacial score (nSPS) is 13.7. The maximum absolute atomic E-state index is 12.7. The molecule has 0 amide bonds. The first kappa shape index (κ1) is 15.6. The van der Waals surface area contributed by atoms with E-state index in [1.165, 1.54) is 7.05 Å². The third-order valence-electron chi connectivity index (χ3n) is 3.33. The van der Waals surface area contributed by atoms with Gasteiger partial charge in [0.15, 0.2) is 0 Å². The summed E-state index contributed by atoms with van der Waals surface area (Å²) in [6.07, 6.45) is -2.49. The summed E-state index contributed by atoms with van der Waals surface area (Å²) in [5.74, 6) is 0. The standard InChI is InChI=1S/C13H18F3N5/c1-8(11-7-20(3)18-9(11)2)17-6-10-5-12(13(14,15)16)21(4)19-10/h5,7-8,17H,6H2,1-4H3. The highest BCUT2D eigenvalue weighted by Gasteiger charge is 2.34. The molecule has 116 valence electrons. The molecule has 1 atom stereocenters. The first-order valence-corrected chi connectivity index (χ1v) is 6.52. The molecule has 0 aliphatic carbocycles. The Hall–Kier alpha value is -1.83. The van der Waals surface area contributed by atoms with Crippen LogP contribution in [0.1, 0.15) is 35.6 Å². The van der Waals surface area contributed by atoms with Gasteiger partial charge in [0.25, 0.3) is 0 Å². The predicted octanol–water partition coefficient (Wildman–Crippen LogP) is 2.33. The van der Waals surface area contributed by atoms with Crippen LogP contribution in [0.4, 0.5) is 13.2 Å². The number of hydrogen-bond donors (Lipinski definition) is 1. The van der Waals surface area contributed by atoms with Crippen LogP contribution in [0.15, 0.2) is 12.3 Å². The van der Waals surface area contributed by atoms with Crippen LogP contribution in [-0.4, -0.2) is 19.6 Å². The van der Waals surface area contributed by atoms with Crippen molar-refractivity contribution in [2.24, 2.45) is 14.1 Å². The summed E-state index contributed by atoms with van der Waals surface area (Å²) >= 11 is 0. The minimum Gasteiger partial charge on any atom is -0.304 e. The molecule has 0 aliphatic rings. The monoisotopic (exact) mass is 301 g/mol. The van der Waals surface area contributed by atoms with E-state index in [-0.39, 0.29) is 12.6 Å². The van der Waals surface area contributed by atoms with Crippen LogP contribution in [0, 0.1) is 6.92 Å². The third kappa shape index (κ3) is 3.44. The first-order valence-electron chi connectivity index (χ1n) is 6.52. The van der Waals surface area contributed by atoms with Gasteiger partial charge in [0.1, 0.15) is 5.69 Å². The van der Waals surface area contributed by atoms with Crippen LogP contribution in [0.3, 0.4) is 0 Å². The van der Waals surface area contributed by atoms with E-state index >= 15 is 0 Å². The number of halogens is 3. The van der Waals surface area contributed by atoms with Crippen LogP contribution in [-0.2, 0) is 26.8 Å². The van der Waals surface area contributed by atoms with Gasteiger partial charge in [-0.25, -0.2) is 0 Å². The Bertz CT molecular complexity index is 626. The topological polar surface area (TPSA) is 47.7 Å². The highest BCUT2D eigenvalue weighted by Crippen LogP contribution is 2.29. The van der Waals surface area contributed by atoms with E-state index in [9.17, 15) is 13.2 Å². The minimum absolute atomic E-state index is 0.0185. The van der Waals surface area contributed by atoms with Gasteiger partial charge in [-0.1, -0.05) is 0 Å². The molecule has 0 saturated heterocycles. The fraction of sp³-hybridized carbons (Fsp3) is 0.538. The molecule has 21 heavy (non-hydrogen) atoms. The van der Waals surface area contributed by atoms with Crippen molar-refractivity contribution in [3.63, 3.8) is 0 Å². The maximum atomic E-state index is 12.7. The molecular formula is C13H18F3N5. The van der Waals surface area contributed by atoms with Crippen LogP contribution >= 0.6 is 0 Å². The summed E-state index contributed by atoms with van der Waals surface area (Å²) < 4.78 is 40.6. The molecule has 2 aromatic heterocycles. The van der Waals surface area contributed by atoms with E-state index in [1.807, 2.05) is 27.1 Å². The minimum atomic E-state index is -4.38. The molecule has 2 rings (SSSR count). The number of alkyl halides is 3. The summed E-state index contributed by atoms with van der Waals surface area (Å²) in [5.41, 5.74) is 1.53. The van der Waals surface area contributed by atoms with Gasteiger partial charge in [-0.05, 0) is 19.9 Å². The summed E-state index contributed by atoms with van der Waals surface area (Å²) in [4.78, 5) is 0. The molecule has 0 spiro atoms. The van der Waals surface area contributed by atoms with Gasteiger partial charge in [0.2, 0.25) is 0 Å². The van der Waals surface area contributed by atoms with Crippen LogP contribution < -0.4 is 5.32 Å². The van der Waals surface area contributed by atoms with Crippen molar-refractivity contribution >= 4 is 0 Å². The molecule has 2 aromatic rings. The molecule has 0 saturated carbocycles. The van der Waals surface area contributed by atoms with Gasteiger partial charge in [-0.2, -0.15) is 23.4 Å². The summed E-state index contributed by atoms with van der Waals surface area (Å²) in [7, 11) is 3.12. The Morgan fingerprint density at radius 2 is 1.95 bits per heavy atom. The van der Waals surface area contributed by atoms with Gasteiger partial charge >= 0.3 is 6.18 Å². The van der Waals surface area contributed by atoms with Gasteiger partial charge in [0.05, 0.1) is 11.4 Å². The lowest BCUT2D eigenvalue weighted by molar-refractivity contribution is -0.143. The van der Waals surface area contributed by atoms with Crippen molar-refractivity contribution < 1.29 is 13.2 Å². The lowest BCUT2D eigenvalue weighted by Gasteiger charge is -2.11. The van der Waals surface area contributed by atoms with Gasteiger partial charge < -0.3 is 5.32 Å². The van der Waals surface area contributed by atoms with Crippen molar-refractivity contribution in [2.75, 3.05) is 0 Å². The zero-order valence-electron chi connectivity index (χ0n) is 12.4. The van der Waals surface area contributed by atoms with Crippen LogP contribution in [0.2, 0.25) is 0 Å². The Kier molecular flexibility index (Phi) is 4.08. The second kappa shape index (κ2) is 5.51. The van der Waals surface area contributed by atoms with E-state index in [1.54, 1.807) is 4.68 Å². The Morgan fingerprint density at radius 3 is 2.43 bits per heavy atom. The van der Waals surface area contributed by atoms with Crippen LogP contribution in [0.5, 0.6) is 0 Å². The Balaban J connectivity index is 2.05. The third-order valence-corrected chi connectivity index (χ3v) is 3.33. The zero-order valence-corrected chi connectivity index (χ0v) is 12.4. The Labute approximate surface area is 120 Å². The second-order valence-electron chi connectivity index (χ2n) is 5.09. The van der Waals surface area contributed by atoms with Gasteiger partial charge in [-0.15, -0.1) is 0 Å². The molecule has 8 heteroatoms. The van der Waals surface area contributed by atoms with E-state index in [0.29, 0.717) is 5.69 Å². The quantitative estimate of drug-likeness (QED) is 0.943. The van der Waals surface area contributed by atoms with E-state index in [4.69, 9.17) is 0 Å². The number of aryl methyl sites for hydroxylation is 3. The molecule has 0 aliphatic heterocycles. The van der Waals surface area contributed by atoms with Crippen LogP contribution in [0.25, 0.3) is 0 Å². The molecule has 5 nitrogen and oxygen atoms in total. The van der Waals surface area contributed by atoms with Crippen molar-refractivity contribution in [2.45, 2.75) is 32.6 Å². The smallest absolute Gasteiger partial charge is 0.304 e. The molecule has 0 bridgehead atoms. The maximum Gasteiger partial charge on any atom is 0.433 e. The van der Waals surface area contributed by atoms with Gasteiger partial charge in [0, 0.05) is 38.4 Å².